The molecule has 0 spiro atoms. The van der Waals surface area contributed by atoms with Crippen molar-refractivity contribution in [3.63, 3.8) is 0 Å². The molecule has 1 fully saturated rings. The van der Waals surface area contributed by atoms with Crippen LogP contribution in [0.1, 0.15) is 13.3 Å². The molecule has 124 valence electrons. The summed E-state index contributed by atoms with van der Waals surface area (Å²) in [5.74, 6) is 0.308. The average molecular weight is 389 g/mol. The van der Waals surface area contributed by atoms with Crippen LogP contribution < -0.4 is 15.0 Å². The van der Waals surface area contributed by atoms with Crippen molar-refractivity contribution in [2.75, 3.05) is 16.8 Å². The molecule has 2 aromatic rings. The van der Waals surface area contributed by atoms with E-state index in [-0.39, 0.29) is 18.2 Å². The number of carbonyl (C=O) groups is 2. The summed E-state index contributed by atoms with van der Waals surface area (Å²) >= 11 is 3.39. The highest BCUT2D eigenvalue weighted by Gasteiger charge is 2.40. The van der Waals surface area contributed by atoms with E-state index < -0.39 is 6.04 Å². The minimum absolute atomic E-state index is 0.132. The maximum absolute atomic E-state index is 12.6. The lowest BCUT2D eigenvalue weighted by atomic mass is 10.2. The first kappa shape index (κ1) is 16.5. The van der Waals surface area contributed by atoms with Crippen LogP contribution in [0.15, 0.2) is 53.0 Å². The molecule has 0 saturated carbocycles. The lowest BCUT2D eigenvalue weighted by Gasteiger charge is -2.17. The number of ether oxygens (including phenoxy) is 1. The van der Waals surface area contributed by atoms with Gasteiger partial charge >= 0.3 is 0 Å². The van der Waals surface area contributed by atoms with Crippen LogP contribution in [0.4, 0.5) is 11.4 Å². The number of para-hydroxylation sites is 1. The van der Waals surface area contributed by atoms with E-state index in [9.17, 15) is 9.59 Å². The molecule has 1 saturated heterocycles. The number of rotatable bonds is 5. The van der Waals surface area contributed by atoms with Crippen molar-refractivity contribution in [3.8, 4) is 5.75 Å². The van der Waals surface area contributed by atoms with Gasteiger partial charge in [0.25, 0.3) is 5.91 Å². The Bertz CT molecular complexity index is 761. The molecule has 0 aromatic heterocycles. The normalized spacial score (nSPS) is 17.2. The second kappa shape index (κ2) is 7.05. The molecular weight excluding hydrogens is 372 g/mol. The molecule has 1 atom stereocenters. The Kier molecular flexibility index (Phi) is 4.85. The quantitative estimate of drug-likeness (QED) is 0.795. The maximum Gasteiger partial charge on any atom is 0.256 e. The summed E-state index contributed by atoms with van der Waals surface area (Å²) in [6.07, 6.45) is 0.132. The molecular formula is C18H17BrN2O3. The number of anilines is 2. The van der Waals surface area contributed by atoms with Crippen LogP contribution >= 0.6 is 15.9 Å². The first-order chi connectivity index (χ1) is 11.6. The number of nitrogens with zero attached hydrogens (tertiary/aromatic N) is 1. The van der Waals surface area contributed by atoms with Crippen molar-refractivity contribution in [3.05, 3.63) is 53.0 Å². The van der Waals surface area contributed by atoms with Gasteiger partial charge in [-0.25, -0.2) is 4.90 Å². The minimum atomic E-state index is -0.567. The van der Waals surface area contributed by atoms with E-state index in [0.29, 0.717) is 16.8 Å². The van der Waals surface area contributed by atoms with Gasteiger partial charge in [0, 0.05) is 10.2 Å². The molecule has 0 bridgehead atoms. The molecule has 0 aliphatic carbocycles. The Balaban J connectivity index is 1.75. The van der Waals surface area contributed by atoms with Gasteiger partial charge in [0.2, 0.25) is 5.91 Å². The zero-order valence-electron chi connectivity index (χ0n) is 13.2. The highest BCUT2D eigenvalue weighted by atomic mass is 79.9. The van der Waals surface area contributed by atoms with Crippen LogP contribution in [0.5, 0.6) is 5.75 Å². The Morgan fingerprint density at radius 3 is 2.54 bits per heavy atom. The summed E-state index contributed by atoms with van der Waals surface area (Å²) in [7, 11) is 0. The molecule has 3 rings (SSSR count). The first-order valence-electron chi connectivity index (χ1n) is 7.71. The Hall–Kier alpha value is -2.34. The van der Waals surface area contributed by atoms with Gasteiger partial charge in [-0.1, -0.05) is 12.1 Å². The first-order valence-corrected chi connectivity index (χ1v) is 8.50. The topological polar surface area (TPSA) is 58.6 Å². The van der Waals surface area contributed by atoms with Gasteiger partial charge in [0.05, 0.1) is 18.7 Å². The van der Waals surface area contributed by atoms with Crippen LogP contribution in [-0.4, -0.2) is 24.5 Å². The summed E-state index contributed by atoms with van der Waals surface area (Å²) in [6.45, 7) is 2.52. The summed E-state index contributed by atoms with van der Waals surface area (Å²) in [6, 6.07) is 14.0. The maximum atomic E-state index is 12.6. The highest BCUT2D eigenvalue weighted by molar-refractivity contribution is 9.10. The van der Waals surface area contributed by atoms with E-state index in [0.717, 1.165) is 11.4 Å². The predicted molar refractivity (Wildman–Crippen MR) is 96.3 cm³/mol. The summed E-state index contributed by atoms with van der Waals surface area (Å²) < 4.78 is 6.11. The third kappa shape index (κ3) is 3.28. The Morgan fingerprint density at radius 1 is 1.17 bits per heavy atom. The van der Waals surface area contributed by atoms with Gasteiger partial charge in [0.1, 0.15) is 11.8 Å². The molecule has 1 heterocycles. The number of hydrogen-bond acceptors (Lipinski definition) is 4. The van der Waals surface area contributed by atoms with E-state index in [1.807, 2.05) is 43.3 Å². The van der Waals surface area contributed by atoms with Gasteiger partial charge in [-0.05, 0) is 59.3 Å². The fraction of sp³-hybridized carbons (Fsp3) is 0.222. The lowest BCUT2D eigenvalue weighted by Crippen LogP contribution is -2.35. The van der Waals surface area contributed by atoms with Crippen molar-refractivity contribution in [2.24, 2.45) is 0 Å². The van der Waals surface area contributed by atoms with Crippen molar-refractivity contribution in [2.45, 2.75) is 19.4 Å². The van der Waals surface area contributed by atoms with Gasteiger partial charge in [-0.2, -0.15) is 0 Å². The van der Waals surface area contributed by atoms with Gasteiger partial charge < -0.3 is 10.1 Å². The van der Waals surface area contributed by atoms with Gasteiger partial charge in [-0.3, -0.25) is 9.59 Å². The SMILES string of the molecule is CCOc1ccc(NC2CC(=O)N(c3ccccc3Br)C2=O)cc1. The molecule has 24 heavy (non-hydrogen) atoms. The zero-order valence-corrected chi connectivity index (χ0v) is 14.7. The Morgan fingerprint density at radius 2 is 1.88 bits per heavy atom. The molecule has 1 aliphatic heterocycles. The molecule has 2 amide bonds. The second-order valence-corrected chi connectivity index (χ2v) is 6.23. The third-order valence-corrected chi connectivity index (χ3v) is 4.42. The Labute approximate surface area is 148 Å². The molecule has 2 aromatic carbocycles. The molecule has 1 aliphatic rings. The summed E-state index contributed by atoms with van der Waals surface area (Å²) in [5.41, 5.74) is 1.35. The largest absolute Gasteiger partial charge is 0.494 e. The number of halogens is 1. The van der Waals surface area contributed by atoms with Crippen LogP contribution in [0.3, 0.4) is 0 Å². The molecule has 6 heteroatoms. The van der Waals surface area contributed by atoms with Crippen LogP contribution in [0.25, 0.3) is 0 Å². The van der Waals surface area contributed by atoms with E-state index >= 15 is 0 Å². The van der Waals surface area contributed by atoms with Crippen LogP contribution in [-0.2, 0) is 9.59 Å². The molecule has 1 N–H and O–H groups in total. The third-order valence-electron chi connectivity index (χ3n) is 3.75. The van der Waals surface area contributed by atoms with E-state index in [1.54, 1.807) is 12.1 Å². The standard InChI is InChI=1S/C18H17BrN2O3/c1-2-24-13-9-7-12(8-10-13)20-15-11-17(22)21(18(15)23)16-6-4-3-5-14(16)19/h3-10,15,20H,2,11H2,1H3. The van der Waals surface area contributed by atoms with Crippen molar-refractivity contribution in [1.29, 1.82) is 0 Å². The lowest BCUT2D eigenvalue weighted by molar-refractivity contribution is -0.121. The van der Waals surface area contributed by atoms with E-state index in [4.69, 9.17) is 4.74 Å². The van der Waals surface area contributed by atoms with Crippen LogP contribution in [0, 0.1) is 0 Å². The zero-order chi connectivity index (χ0) is 17.1. The number of amides is 2. The fourth-order valence-corrected chi connectivity index (χ4v) is 3.11. The number of carbonyl (C=O) groups excluding carboxylic acids is 2. The van der Waals surface area contributed by atoms with Gasteiger partial charge in [0.15, 0.2) is 0 Å². The predicted octanol–water partition coefficient (Wildman–Crippen LogP) is 3.59. The van der Waals surface area contributed by atoms with Crippen LogP contribution in [0.2, 0.25) is 0 Å². The molecule has 0 radical (unpaired) electrons. The number of benzene rings is 2. The number of nitrogens with one attached hydrogen (secondary N) is 1. The summed E-state index contributed by atoms with van der Waals surface area (Å²) in [4.78, 5) is 26.2. The minimum Gasteiger partial charge on any atom is -0.494 e. The van der Waals surface area contributed by atoms with Crippen molar-refractivity contribution >= 4 is 39.1 Å². The molecule has 1 unspecified atom stereocenters. The highest BCUT2D eigenvalue weighted by Crippen LogP contribution is 2.31. The van der Waals surface area contributed by atoms with Crippen molar-refractivity contribution in [1.82, 2.24) is 0 Å². The number of imide groups is 1. The fourth-order valence-electron chi connectivity index (χ4n) is 2.65. The monoisotopic (exact) mass is 388 g/mol. The second-order valence-electron chi connectivity index (χ2n) is 5.38. The van der Waals surface area contributed by atoms with E-state index in [1.165, 1.54) is 4.90 Å². The van der Waals surface area contributed by atoms with Crippen molar-refractivity contribution < 1.29 is 14.3 Å². The van der Waals surface area contributed by atoms with E-state index in [2.05, 4.69) is 21.2 Å². The average Bonchev–Trinajstić information content (AvgIpc) is 2.84. The summed E-state index contributed by atoms with van der Waals surface area (Å²) in [5, 5.41) is 3.13. The van der Waals surface area contributed by atoms with Gasteiger partial charge in [-0.15, -0.1) is 0 Å². The molecule has 5 nitrogen and oxygen atoms in total. The number of hydrogen-bond donors (Lipinski definition) is 1. The smallest absolute Gasteiger partial charge is 0.256 e.